The Morgan fingerprint density at radius 2 is 2.08 bits per heavy atom. The van der Waals surface area contributed by atoms with Gasteiger partial charge in [0, 0.05) is 38.4 Å². The van der Waals surface area contributed by atoms with E-state index in [2.05, 4.69) is 35.2 Å². The lowest BCUT2D eigenvalue weighted by molar-refractivity contribution is 0.0971. The fourth-order valence-electron chi connectivity index (χ4n) is 3.50. The van der Waals surface area contributed by atoms with Gasteiger partial charge in [-0.3, -0.25) is 14.9 Å². The average Bonchev–Trinajstić information content (AvgIpc) is 3.26. The van der Waals surface area contributed by atoms with Gasteiger partial charge in [0.15, 0.2) is 10.9 Å². The smallest absolute Gasteiger partial charge is 0.274 e. The predicted octanol–water partition coefficient (Wildman–Crippen LogP) is 4.90. The van der Waals surface area contributed by atoms with E-state index in [-0.39, 0.29) is 11.7 Å². The van der Waals surface area contributed by atoms with Crippen molar-refractivity contribution in [3.05, 3.63) is 43.7 Å². The van der Waals surface area contributed by atoms with Crippen LogP contribution in [-0.2, 0) is 6.42 Å². The number of Topliss-reactive ketones (excluding diaryl/α,β-unsaturated/α-hetero) is 1. The highest BCUT2D eigenvalue weighted by Gasteiger charge is 2.26. The SMILES string of the molecule is Cc1cc(-c2csc(NC(=O)c3[nH]c4c(c3C)C(=O)CCC4)n2)c(C)s1. The van der Waals surface area contributed by atoms with Gasteiger partial charge in [-0.05, 0) is 45.2 Å². The summed E-state index contributed by atoms with van der Waals surface area (Å²) in [5, 5.41) is 5.39. The van der Waals surface area contributed by atoms with Crippen LogP contribution in [0.5, 0.6) is 0 Å². The number of carbonyl (C=O) groups is 2. The predicted molar refractivity (Wildman–Crippen MR) is 106 cm³/mol. The lowest BCUT2D eigenvalue weighted by atomic mass is 9.94. The number of rotatable bonds is 3. The summed E-state index contributed by atoms with van der Waals surface area (Å²) in [6, 6.07) is 2.12. The first-order valence-corrected chi connectivity index (χ1v) is 10.2. The van der Waals surface area contributed by atoms with Crippen LogP contribution >= 0.6 is 22.7 Å². The Balaban J connectivity index is 1.58. The number of hydrogen-bond donors (Lipinski definition) is 2. The Bertz CT molecular complexity index is 1030. The molecule has 1 aliphatic carbocycles. The Morgan fingerprint density at radius 3 is 2.77 bits per heavy atom. The van der Waals surface area contributed by atoms with E-state index in [0.717, 1.165) is 35.4 Å². The number of carbonyl (C=O) groups excluding carboxylic acids is 2. The van der Waals surface area contributed by atoms with Crippen molar-refractivity contribution < 1.29 is 9.59 Å². The van der Waals surface area contributed by atoms with Crippen LogP contribution in [0.25, 0.3) is 11.3 Å². The molecule has 0 atom stereocenters. The van der Waals surface area contributed by atoms with Crippen molar-refractivity contribution in [2.45, 2.75) is 40.0 Å². The summed E-state index contributed by atoms with van der Waals surface area (Å²) in [5.74, 6) is -0.122. The monoisotopic (exact) mass is 385 g/mol. The second kappa shape index (κ2) is 6.48. The Hall–Kier alpha value is -2.25. The highest BCUT2D eigenvalue weighted by molar-refractivity contribution is 7.14. The lowest BCUT2D eigenvalue weighted by Crippen LogP contribution is -2.13. The molecule has 3 aromatic rings. The minimum absolute atomic E-state index is 0.124. The van der Waals surface area contributed by atoms with Crippen LogP contribution in [0.15, 0.2) is 11.4 Å². The standard InChI is InChI=1S/C19H19N3O2S2/c1-9-7-12(11(3)26-9)14-8-25-19(21-14)22-18(24)17-10(2)16-13(20-17)5-4-6-15(16)23/h7-8,20H,4-6H2,1-3H3,(H,21,22,24). The molecule has 26 heavy (non-hydrogen) atoms. The van der Waals surface area contributed by atoms with Gasteiger partial charge in [0.2, 0.25) is 0 Å². The van der Waals surface area contributed by atoms with E-state index in [4.69, 9.17) is 0 Å². The molecule has 0 unspecified atom stereocenters. The van der Waals surface area contributed by atoms with Crippen molar-refractivity contribution in [2.75, 3.05) is 5.32 Å². The van der Waals surface area contributed by atoms with Crippen molar-refractivity contribution in [3.8, 4) is 11.3 Å². The minimum Gasteiger partial charge on any atom is -0.354 e. The molecular weight excluding hydrogens is 366 g/mol. The molecule has 0 aliphatic heterocycles. The maximum Gasteiger partial charge on any atom is 0.274 e. The number of aromatic amines is 1. The van der Waals surface area contributed by atoms with E-state index < -0.39 is 0 Å². The topological polar surface area (TPSA) is 74.8 Å². The van der Waals surface area contributed by atoms with Crippen molar-refractivity contribution in [1.29, 1.82) is 0 Å². The highest BCUT2D eigenvalue weighted by Crippen LogP contribution is 2.33. The number of fused-ring (bicyclic) bond motifs is 1. The molecule has 0 aromatic carbocycles. The lowest BCUT2D eigenvalue weighted by Gasteiger charge is -2.09. The molecule has 0 saturated heterocycles. The van der Waals surface area contributed by atoms with Crippen molar-refractivity contribution in [1.82, 2.24) is 9.97 Å². The first-order chi connectivity index (χ1) is 12.4. The number of nitrogens with one attached hydrogen (secondary N) is 2. The number of nitrogens with zero attached hydrogens (tertiary/aromatic N) is 1. The van der Waals surface area contributed by atoms with Crippen molar-refractivity contribution >= 4 is 39.5 Å². The van der Waals surface area contributed by atoms with E-state index >= 15 is 0 Å². The molecule has 0 bridgehead atoms. The number of thiazole rings is 1. The summed E-state index contributed by atoms with van der Waals surface area (Å²) in [7, 11) is 0. The third kappa shape index (κ3) is 2.91. The van der Waals surface area contributed by atoms with E-state index in [9.17, 15) is 9.59 Å². The largest absolute Gasteiger partial charge is 0.354 e. The zero-order valence-corrected chi connectivity index (χ0v) is 16.5. The van der Waals surface area contributed by atoms with Gasteiger partial charge in [-0.15, -0.1) is 22.7 Å². The van der Waals surface area contributed by atoms with Gasteiger partial charge in [0.25, 0.3) is 5.91 Å². The molecule has 4 rings (SSSR count). The first kappa shape index (κ1) is 17.2. The molecule has 0 radical (unpaired) electrons. The average molecular weight is 386 g/mol. The summed E-state index contributed by atoms with van der Waals surface area (Å²) < 4.78 is 0. The summed E-state index contributed by atoms with van der Waals surface area (Å²) in [4.78, 5) is 35.0. The maximum absolute atomic E-state index is 12.7. The molecule has 7 heteroatoms. The van der Waals surface area contributed by atoms with E-state index in [1.165, 1.54) is 21.1 Å². The van der Waals surface area contributed by atoms with Crippen molar-refractivity contribution in [2.24, 2.45) is 0 Å². The highest BCUT2D eigenvalue weighted by atomic mass is 32.1. The van der Waals surface area contributed by atoms with E-state index in [0.29, 0.717) is 22.8 Å². The minimum atomic E-state index is -0.246. The third-order valence-corrected chi connectivity index (χ3v) is 6.43. The molecular formula is C19H19N3O2S2. The molecule has 2 N–H and O–H groups in total. The molecule has 1 amide bonds. The van der Waals surface area contributed by atoms with Gasteiger partial charge in [0.1, 0.15) is 5.69 Å². The first-order valence-electron chi connectivity index (χ1n) is 8.53. The van der Waals surface area contributed by atoms with Crippen LogP contribution in [0.2, 0.25) is 0 Å². The zero-order valence-electron chi connectivity index (χ0n) is 14.9. The fraction of sp³-hybridized carbons (Fsp3) is 0.316. The number of H-pyrrole nitrogens is 1. The van der Waals surface area contributed by atoms with Crippen molar-refractivity contribution in [3.63, 3.8) is 0 Å². The number of aromatic nitrogens is 2. The Kier molecular flexibility index (Phi) is 4.28. The molecule has 3 aromatic heterocycles. The van der Waals surface area contributed by atoms with Crippen LogP contribution in [0.4, 0.5) is 5.13 Å². The number of ketones is 1. The third-order valence-electron chi connectivity index (χ3n) is 4.71. The molecule has 0 saturated carbocycles. The van der Waals surface area contributed by atoms with Gasteiger partial charge >= 0.3 is 0 Å². The quantitative estimate of drug-likeness (QED) is 0.673. The number of aryl methyl sites for hydroxylation is 3. The van der Waals surface area contributed by atoms with Gasteiger partial charge in [-0.1, -0.05) is 0 Å². The molecule has 134 valence electrons. The second-order valence-electron chi connectivity index (χ2n) is 6.57. The van der Waals surface area contributed by atoms with E-state index in [1.54, 1.807) is 11.3 Å². The Labute approximate surface area is 159 Å². The van der Waals surface area contributed by atoms with Crippen LogP contribution in [-0.4, -0.2) is 21.7 Å². The maximum atomic E-state index is 12.7. The number of hydrogen-bond acceptors (Lipinski definition) is 5. The number of anilines is 1. The molecule has 0 fully saturated rings. The fourth-order valence-corrected chi connectivity index (χ4v) is 5.14. The molecule has 1 aliphatic rings. The summed E-state index contributed by atoms with van der Waals surface area (Å²) >= 11 is 3.15. The molecule has 0 spiro atoms. The van der Waals surface area contributed by atoms with Gasteiger partial charge in [-0.25, -0.2) is 4.98 Å². The van der Waals surface area contributed by atoms with E-state index in [1.807, 2.05) is 12.3 Å². The van der Waals surface area contributed by atoms with Gasteiger partial charge in [-0.2, -0.15) is 0 Å². The summed E-state index contributed by atoms with van der Waals surface area (Å²) in [6.45, 7) is 5.99. The molecule has 5 nitrogen and oxygen atoms in total. The normalized spacial score (nSPS) is 13.7. The molecule has 3 heterocycles. The number of amides is 1. The number of thiophene rings is 1. The van der Waals surface area contributed by atoms with Crippen LogP contribution < -0.4 is 5.32 Å². The second-order valence-corrected chi connectivity index (χ2v) is 8.89. The van der Waals surface area contributed by atoms with Gasteiger partial charge in [0.05, 0.1) is 5.69 Å². The van der Waals surface area contributed by atoms with Crippen LogP contribution in [0, 0.1) is 20.8 Å². The Morgan fingerprint density at radius 1 is 1.27 bits per heavy atom. The van der Waals surface area contributed by atoms with Gasteiger partial charge < -0.3 is 4.98 Å². The van der Waals surface area contributed by atoms with Crippen LogP contribution in [0.3, 0.4) is 0 Å². The summed E-state index contributed by atoms with van der Waals surface area (Å²) in [5.41, 5.74) is 4.78. The van der Waals surface area contributed by atoms with Crippen LogP contribution in [0.1, 0.15) is 54.7 Å². The summed E-state index contributed by atoms with van der Waals surface area (Å²) in [6.07, 6.45) is 2.21. The zero-order chi connectivity index (χ0) is 18.4.